The summed E-state index contributed by atoms with van der Waals surface area (Å²) in [6.07, 6.45) is 11.5. The Morgan fingerprint density at radius 2 is 1.81 bits per heavy atom. The molecule has 3 heterocycles. The number of nitrogens with one attached hydrogen (secondary N) is 1. The van der Waals surface area contributed by atoms with Crippen LogP contribution in [-0.4, -0.2) is 46.2 Å². The highest BCUT2D eigenvalue weighted by Gasteiger charge is 2.39. The van der Waals surface area contributed by atoms with Crippen LogP contribution in [0.5, 0.6) is 5.88 Å². The summed E-state index contributed by atoms with van der Waals surface area (Å²) in [5, 5.41) is 3.94. The van der Waals surface area contributed by atoms with Crippen molar-refractivity contribution in [2.24, 2.45) is 0 Å². The van der Waals surface area contributed by atoms with Crippen molar-refractivity contribution in [3.8, 4) is 5.88 Å². The molecule has 3 fully saturated rings. The lowest BCUT2D eigenvalue weighted by Crippen LogP contribution is -2.26. The van der Waals surface area contributed by atoms with Gasteiger partial charge in [-0.15, -0.1) is 0 Å². The maximum Gasteiger partial charge on any atom is 0.250 e. The largest absolute Gasteiger partial charge is 0.474 e. The zero-order chi connectivity index (χ0) is 21.3. The van der Waals surface area contributed by atoms with Crippen LogP contribution < -0.4 is 10.1 Å². The van der Waals surface area contributed by atoms with Crippen molar-refractivity contribution in [3.05, 3.63) is 18.0 Å². The van der Waals surface area contributed by atoms with Crippen molar-refractivity contribution in [2.75, 3.05) is 18.5 Å². The van der Waals surface area contributed by atoms with Gasteiger partial charge in [0.1, 0.15) is 6.10 Å². The normalized spacial score (nSPS) is 25.0. The van der Waals surface area contributed by atoms with Gasteiger partial charge in [0.25, 0.3) is 0 Å². The van der Waals surface area contributed by atoms with E-state index in [1.807, 2.05) is 6.20 Å². The Morgan fingerprint density at radius 3 is 2.55 bits per heavy atom. The molecule has 2 saturated carbocycles. The van der Waals surface area contributed by atoms with Crippen LogP contribution in [0.2, 0.25) is 0 Å². The molecule has 2 aliphatic carbocycles. The van der Waals surface area contributed by atoms with Crippen LogP contribution in [0.3, 0.4) is 0 Å². The maximum absolute atomic E-state index is 13.6. The molecule has 1 atom stereocenters. The van der Waals surface area contributed by atoms with Crippen molar-refractivity contribution < 1.29 is 18.3 Å². The Hall–Kier alpha value is -2.09. The van der Waals surface area contributed by atoms with Gasteiger partial charge < -0.3 is 14.8 Å². The Balaban J connectivity index is 1.46. The minimum atomic E-state index is -2.60. The third-order valence-electron chi connectivity index (χ3n) is 6.84. The molecule has 168 valence electrons. The smallest absolute Gasteiger partial charge is 0.250 e. The first-order chi connectivity index (χ1) is 15.1. The molecule has 1 aliphatic heterocycles. The fourth-order valence-electron chi connectivity index (χ4n) is 5.10. The van der Waals surface area contributed by atoms with E-state index >= 15 is 0 Å². The molecule has 1 N–H and O–H groups in total. The molecule has 6 nitrogen and oxygen atoms in total. The molecule has 0 spiro atoms. The number of hydrogen-bond acceptors (Lipinski definition) is 6. The Bertz CT molecular complexity index is 914. The standard InChI is InChI=1S/C23H30F2N4O2/c24-23(25)9-6-16(12-23)28-22-27-14-19-20(29-22)18(15-4-2-1-3-5-15)13-26-21(19)31-17-7-10-30-11-8-17/h13-17H,1-12H2,(H,27,28,29)/t16-/m0/s1. The Labute approximate surface area is 181 Å². The van der Waals surface area contributed by atoms with E-state index in [9.17, 15) is 8.78 Å². The van der Waals surface area contributed by atoms with E-state index < -0.39 is 5.92 Å². The van der Waals surface area contributed by atoms with E-state index in [2.05, 4.69) is 15.3 Å². The predicted octanol–water partition coefficient (Wildman–Crippen LogP) is 5.23. The predicted molar refractivity (Wildman–Crippen MR) is 114 cm³/mol. The lowest BCUT2D eigenvalue weighted by atomic mass is 9.84. The van der Waals surface area contributed by atoms with Crippen LogP contribution in [0.4, 0.5) is 14.7 Å². The molecule has 0 aromatic carbocycles. The molecule has 5 rings (SSSR count). The molecule has 0 amide bonds. The van der Waals surface area contributed by atoms with E-state index in [4.69, 9.17) is 14.5 Å². The molecule has 2 aromatic heterocycles. The molecule has 1 saturated heterocycles. The minimum absolute atomic E-state index is 0.0727. The number of anilines is 1. The molecule has 2 aromatic rings. The number of aromatic nitrogens is 3. The molecule has 3 aliphatic rings. The van der Waals surface area contributed by atoms with Gasteiger partial charge in [-0.25, -0.2) is 23.7 Å². The van der Waals surface area contributed by atoms with Gasteiger partial charge in [-0.05, 0) is 25.2 Å². The zero-order valence-electron chi connectivity index (χ0n) is 17.8. The highest BCUT2D eigenvalue weighted by atomic mass is 19.3. The van der Waals surface area contributed by atoms with Crippen LogP contribution in [0.1, 0.15) is 75.7 Å². The SMILES string of the molecule is FC1(F)CC[C@H](Nc2ncc3c(OC4CCOCC4)ncc(C4CCCCC4)c3n2)C1. The van der Waals surface area contributed by atoms with Crippen molar-refractivity contribution in [1.82, 2.24) is 15.0 Å². The second kappa shape index (κ2) is 8.81. The quantitative estimate of drug-likeness (QED) is 0.698. The number of nitrogens with zero attached hydrogens (tertiary/aromatic N) is 3. The van der Waals surface area contributed by atoms with Crippen molar-refractivity contribution in [2.45, 2.75) is 88.2 Å². The van der Waals surface area contributed by atoms with Gasteiger partial charge in [-0.1, -0.05) is 19.3 Å². The second-order valence-corrected chi connectivity index (χ2v) is 9.18. The van der Waals surface area contributed by atoms with Crippen LogP contribution in [-0.2, 0) is 4.74 Å². The lowest BCUT2D eigenvalue weighted by molar-refractivity contribution is 0.00850. The molecule has 8 heteroatoms. The Kier molecular flexibility index (Phi) is 5.91. The lowest BCUT2D eigenvalue weighted by Gasteiger charge is -2.25. The van der Waals surface area contributed by atoms with Gasteiger partial charge in [-0.3, -0.25) is 0 Å². The monoisotopic (exact) mass is 432 g/mol. The number of hydrogen-bond donors (Lipinski definition) is 1. The summed E-state index contributed by atoms with van der Waals surface area (Å²) in [6, 6.07) is -0.301. The number of pyridine rings is 1. The first-order valence-electron chi connectivity index (χ1n) is 11.6. The van der Waals surface area contributed by atoms with E-state index in [-0.39, 0.29) is 25.0 Å². The van der Waals surface area contributed by atoms with Crippen LogP contribution in [0.15, 0.2) is 12.4 Å². The van der Waals surface area contributed by atoms with Gasteiger partial charge in [0.15, 0.2) is 0 Å². The first-order valence-corrected chi connectivity index (χ1v) is 11.6. The second-order valence-electron chi connectivity index (χ2n) is 9.18. The van der Waals surface area contributed by atoms with Gasteiger partial charge in [-0.2, -0.15) is 0 Å². The molecule has 0 unspecified atom stereocenters. The van der Waals surface area contributed by atoms with E-state index in [1.165, 1.54) is 19.3 Å². The van der Waals surface area contributed by atoms with Gasteiger partial charge in [0, 0.05) is 49.7 Å². The summed E-state index contributed by atoms with van der Waals surface area (Å²) >= 11 is 0. The molecule has 0 bridgehead atoms. The maximum atomic E-state index is 13.6. The minimum Gasteiger partial charge on any atom is -0.474 e. The summed E-state index contributed by atoms with van der Waals surface area (Å²) in [5.41, 5.74) is 1.96. The summed E-state index contributed by atoms with van der Waals surface area (Å²) in [5.74, 6) is -1.22. The highest BCUT2D eigenvalue weighted by molar-refractivity contribution is 5.86. The average molecular weight is 433 g/mol. The van der Waals surface area contributed by atoms with Gasteiger partial charge in [0.2, 0.25) is 17.8 Å². The summed E-state index contributed by atoms with van der Waals surface area (Å²) in [4.78, 5) is 13.9. The summed E-state index contributed by atoms with van der Waals surface area (Å²) < 4.78 is 38.9. The fourth-order valence-corrected chi connectivity index (χ4v) is 5.10. The number of halogens is 2. The van der Waals surface area contributed by atoms with E-state index in [0.29, 0.717) is 37.4 Å². The summed E-state index contributed by atoms with van der Waals surface area (Å²) in [6.45, 7) is 1.39. The van der Waals surface area contributed by atoms with Crippen LogP contribution >= 0.6 is 0 Å². The van der Waals surface area contributed by atoms with Gasteiger partial charge in [0.05, 0.1) is 24.1 Å². The number of fused-ring (bicyclic) bond motifs is 1. The third kappa shape index (κ3) is 4.73. The fraction of sp³-hybridized carbons (Fsp3) is 0.696. The van der Waals surface area contributed by atoms with Crippen molar-refractivity contribution in [3.63, 3.8) is 0 Å². The topological polar surface area (TPSA) is 69.2 Å². The van der Waals surface area contributed by atoms with E-state index in [0.717, 1.165) is 42.1 Å². The molecular weight excluding hydrogens is 402 g/mol. The zero-order valence-corrected chi connectivity index (χ0v) is 17.8. The molecule has 0 radical (unpaired) electrons. The van der Waals surface area contributed by atoms with Crippen LogP contribution in [0, 0.1) is 0 Å². The highest BCUT2D eigenvalue weighted by Crippen LogP contribution is 2.39. The number of alkyl halides is 2. The average Bonchev–Trinajstić information content (AvgIpc) is 3.13. The molecular formula is C23H30F2N4O2. The first kappa shape index (κ1) is 20.8. The Morgan fingerprint density at radius 1 is 1.00 bits per heavy atom. The number of rotatable bonds is 5. The van der Waals surface area contributed by atoms with Crippen molar-refractivity contribution >= 4 is 16.9 Å². The summed E-state index contributed by atoms with van der Waals surface area (Å²) in [7, 11) is 0. The van der Waals surface area contributed by atoms with Crippen molar-refractivity contribution in [1.29, 1.82) is 0 Å². The van der Waals surface area contributed by atoms with Crippen LogP contribution in [0.25, 0.3) is 10.9 Å². The third-order valence-corrected chi connectivity index (χ3v) is 6.84. The number of ether oxygens (including phenoxy) is 2. The molecule has 31 heavy (non-hydrogen) atoms. The van der Waals surface area contributed by atoms with Gasteiger partial charge >= 0.3 is 0 Å². The van der Waals surface area contributed by atoms with E-state index in [1.54, 1.807) is 6.20 Å².